The molecule has 0 fully saturated rings. The molecule has 3 heteroatoms. The van der Waals surface area contributed by atoms with E-state index in [2.05, 4.69) is 16.4 Å². The zero-order chi connectivity index (χ0) is 12.1. The molecular formula is C14H13N3. The fraction of sp³-hybridized carbons (Fsp3) is 0.143. The lowest BCUT2D eigenvalue weighted by atomic mass is 9.95. The number of nitrogens with zero attached hydrogens (tertiary/aromatic N) is 2. The molecule has 84 valence electrons. The second-order valence-electron chi connectivity index (χ2n) is 3.97. The molecule has 0 saturated carbocycles. The molecule has 2 aromatic rings. The quantitative estimate of drug-likeness (QED) is 0.870. The van der Waals surface area contributed by atoms with E-state index in [-0.39, 0.29) is 0 Å². The normalized spacial score (nSPS) is 13.4. The Morgan fingerprint density at radius 1 is 1.18 bits per heavy atom. The van der Waals surface area contributed by atoms with Crippen LogP contribution in [0.25, 0.3) is 0 Å². The van der Waals surface area contributed by atoms with Crippen LogP contribution in [0.1, 0.15) is 12.5 Å². The zero-order valence-corrected chi connectivity index (χ0v) is 9.59. The molecule has 1 aromatic carbocycles. The summed E-state index contributed by atoms with van der Waals surface area (Å²) in [5.41, 5.74) is 1.00. The standard InChI is InChI=1S/C14H13N3/c1-14(11-15,12-6-5-9-16-10-12)17-13-7-3-2-4-8-13/h2-10,17H,1H3/t14-/m1/s1. The van der Waals surface area contributed by atoms with Gasteiger partial charge in [-0.2, -0.15) is 5.26 Å². The molecule has 0 bridgehead atoms. The summed E-state index contributed by atoms with van der Waals surface area (Å²) >= 11 is 0. The maximum atomic E-state index is 9.36. The smallest absolute Gasteiger partial charge is 0.149 e. The van der Waals surface area contributed by atoms with Gasteiger partial charge in [0.2, 0.25) is 0 Å². The van der Waals surface area contributed by atoms with Crippen molar-refractivity contribution in [1.82, 2.24) is 4.98 Å². The summed E-state index contributed by atoms with van der Waals surface area (Å²) in [6.07, 6.45) is 3.41. The summed E-state index contributed by atoms with van der Waals surface area (Å²) in [6, 6.07) is 15.7. The predicted molar refractivity (Wildman–Crippen MR) is 67.3 cm³/mol. The fourth-order valence-electron chi connectivity index (χ4n) is 1.63. The van der Waals surface area contributed by atoms with Crippen LogP contribution >= 0.6 is 0 Å². The van der Waals surface area contributed by atoms with Crippen LogP contribution in [0.2, 0.25) is 0 Å². The molecule has 2 rings (SSSR count). The SMILES string of the molecule is C[C@](C#N)(Nc1ccccc1)c1cccnc1. The van der Waals surface area contributed by atoms with Gasteiger partial charge in [0.25, 0.3) is 0 Å². The zero-order valence-electron chi connectivity index (χ0n) is 9.59. The van der Waals surface area contributed by atoms with Gasteiger partial charge < -0.3 is 5.32 Å². The summed E-state index contributed by atoms with van der Waals surface area (Å²) in [4.78, 5) is 4.05. The minimum atomic E-state index is -0.768. The number of nitriles is 1. The third-order valence-corrected chi connectivity index (χ3v) is 2.63. The van der Waals surface area contributed by atoms with Crippen LogP contribution in [-0.4, -0.2) is 4.98 Å². The van der Waals surface area contributed by atoms with Crippen molar-refractivity contribution in [3.8, 4) is 6.07 Å². The highest BCUT2D eigenvalue weighted by molar-refractivity contribution is 5.49. The van der Waals surface area contributed by atoms with Gasteiger partial charge in [0.1, 0.15) is 5.54 Å². The molecule has 0 unspecified atom stereocenters. The number of hydrogen-bond acceptors (Lipinski definition) is 3. The van der Waals surface area contributed by atoms with Gasteiger partial charge in [-0.05, 0) is 25.1 Å². The summed E-state index contributed by atoms with van der Waals surface area (Å²) in [7, 11) is 0. The lowest BCUT2D eigenvalue weighted by Crippen LogP contribution is -2.30. The van der Waals surface area contributed by atoms with E-state index in [0.29, 0.717) is 0 Å². The highest BCUT2D eigenvalue weighted by atomic mass is 15.0. The Balaban J connectivity index is 2.31. The molecule has 0 aliphatic carbocycles. The van der Waals surface area contributed by atoms with Crippen molar-refractivity contribution >= 4 is 5.69 Å². The van der Waals surface area contributed by atoms with Crippen molar-refractivity contribution in [3.05, 3.63) is 60.4 Å². The first kappa shape index (κ1) is 11.2. The number of pyridine rings is 1. The Labute approximate surface area is 101 Å². The Morgan fingerprint density at radius 3 is 2.53 bits per heavy atom. The molecule has 0 spiro atoms. The van der Waals surface area contributed by atoms with Crippen molar-refractivity contribution in [2.24, 2.45) is 0 Å². The molecule has 0 aliphatic rings. The third kappa shape index (κ3) is 2.43. The Kier molecular flexibility index (Phi) is 3.06. The van der Waals surface area contributed by atoms with E-state index in [4.69, 9.17) is 0 Å². The van der Waals surface area contributed by atoms with Gasteiger partial charge in [-0.15, -0.1) is 0 Å². The van der Waals surface area contributed by atoms with Crippen molar-refractivity contribution < 1.29 is 0 Å². The number of benzene rings is 1. The number of hydrogen-bond donors (Lipinski definition) is 1. The molecule has 3 nitrogen and oxygen atoms in total. The van der Waals surface area contributed by atoms with E-state index in [1.54, 1.807) is 12.4 Å². The average molecular weight is 223 g/mol. The van der Waals surface area contributed by atoms with Crippen LogP contribution in [0.3, 0.4) is 0 Å². The monoisotopic (exact) mass is 223 g/mol. The summed E-state index contributed by atoms with van der Waals surface area (Å²) < 4.78 is 0. The third-order valence-electron chi connectivity index (χ3n) is 2.63. The molecule has 1 N–H and O–H groups in total. The summed E-state index contributed by atoms with van der Waals surface area (Å²) in [5.74, 6) is 0. The van der Waals surface area contributed by atoms with Crippen molar-refractivity contribution in [2.45, 2.75) is 12.5 Å². The van der Waals surface area contributed by atoms with Gasteiger partial charge in [-0.3, -0.25) is 4.98 Å². The van der Waals surface area contributed by atoms with E-state index < -0.39 is 5.54 Å². The van der Waals surface area contributed by atoms with Crippen LogP contribution in [-0.2, 0) is 5.54 Å². The minimum Gasteiger partial charge on any atom is -0.364 e. The van der Waals surface area contributed by atoms with Gasteiger partial charge in [0.15, 0.2) is 0 Å². The molecule has 1 atom stereocenters. The van der Waals surface area contributed by atoms with Crippen LogP contribution in [0.5, 0.6) is 0 Å². The number of anilines is 1. The van der Waals surface area contributed by atoms with E-state index in [0.717, 1.165) is 11.3 Å². The molecule has 0 saturated heterocycles. The molecule has 0 radical (unpaired) electrons. The van der Waals surface area contributed by atoms with Crippen molar-refractivity contribution in [3.63, 3.8) is 0 Å². The Hall–Kier alpha value is -2.34. The molecule has 1 heterocycles. The second kappa shape index (κ2) is 4.67. The molecule has 0 amide bonds. The molecule has 0 aliphatic heterocycles. The first-order valence-electron chi connectivity index (χ1n) is 5.39. The van der Waals surface area contributed by atoms with Crippen LogP contribution < -0.4 is 5.32 Å². The highest BCUT2D eigenvalue weighted by Crippen LogP contribution is 2.24. The lowest BCUT2D eigenvalue weighted by molar-refractivity contribution is 0.702. The second-order valence-corrected chi connectivity index (χ2v) is 3.97. The molecule has 1 aromatic heterocycles. The van der Waals surface area contributed by atoms with E-state index >= 15 is 0 Å². The summed E-state index contributed by atoms with van der Waals surface area (Å²) in [6.45, 7) is 1.84. The predicted octanol–water partition coefficient (Wildman–Crippen LogP) is 2.93. The van der Waals surface area contributed by atoms with Crippen LogP contribution in [0.4, 0.5) is 5.69 Å². The van der Waals surface area contributed by atoms with Gasteiger partial charge in [0.05, 0.1) is 6.07 Å². The van der Waals surface area contributed by atoms with E-state index in [1.165, 1.54) is 0 Å². The number of para-hydroxylation sites is 1. The van der Waals surface area contributed by atoms with Crippen molar-refractivity contribution in [1.29, 1.82) is 5.26 Å². The van der Waals surface area contributed by atoms with Crippen LogP contribution in [0.15, 0.2) is 54.9 Å². The van der Waals surface area contributed by atoms with Crippen LogP contribution in [0, 0.1) is 11.3 Å². The lowest BCUT2D eigenvalue weighted by Gasteiger charge is -2.24. The van der Waals surface area contributed by atoms with E-state index in [9.17, 15) is 5.26 Å². The van der Waals surface area contributed by atoms with Gasteiger partial charge in [0, 0.05) is 23.6 Å². The topological polar surface area (TPSA) is 48.7 Å². The molecular weight excluding hydrogens is 210 g/mol. The highest BCUT2D eigenvalue weighted by Gasteiger charge is 2.26. The maximum absolute atomic E-state index is 9.36. The minimum absolute atomic E-state index is 0.768. The average Bonchev–Trinajstić information content (AvgIpc) is 2.41. The van der Waals surface area contributed by atoms with E-state index in [1.807, 2.05) is 49.4 Å². The maximum Gasteiger partial charge on any atom is 0.149 e. The van der Waals surface area contributed by atoms with Crippen molar-refractivity contribution in [2.75, 3.05) is 5.32 Å². The Morgan fingerprint density at radius 2 is 1.94 bits per heavy atom. The van der Waals surface area contributed by atoms with Gasteiger partial charge in [-0.25, -0.2) is 0 Å². The largest absolute Gasteiger partial charge is 0.364 e. The number of aromatic nitrogens is 1. The molecule has 17 heavy (non-hydrogen) atoms. The fourth-order valence-corrected chi connectivity index (χ4v) is 1.63. The number of nitrogens with one attached hydrogen (secondary N) is 1. The summed E-state index contributed by atoms with van der Waals surface area (Å²) in [5, 5.41) is 12.6. The first-order chi connectivity index (χ1) is 8.24. The van der Waals surface area contributed by atoms with Gasteiger partial charge >= 0.3 is 0 Å². The first-order valence-corrected chi connectivity index (χ1v) is 5.39. The Bertz CT molecular complexity index is 516. The van der Waals surface area contributed by atoms with Gasteiger partial charge in [-0.1, -0.05) is 24.3 Å². The number of rotatable bonds is 3.